The van der Waals surface area contributed by atoms with Gasteiger partial charge in [0.05, 0.1) is 6.61 Å². The molecule has 1 heterocycles. The first kappa shape index (κ1) is 16.8. The van der Waals surface area contributed by atoms with E-state index in [0.717, 1.165) is 5.56 Å². The summed E-state index contributed by atoms with van der Waals surface area (Å²) in [6.07, 6.45) is 0. The lowest BCUT2D eigenvalue weighted by Gasteiger charge is -2.07. The summed E-state index contributed by atoms with van der Waals surface area (Å²) in [4.78, 5) is 12.2. The van der Waals surface area contributed by atoms with Gasteiger partial charge >= 0.3 is 0 Å². The summed E-state index contributed by atoms with van der Waals surface area (Å²) in [7, 11) is 0. The highest BCUT2D eigenvalue weighted by molar-refractivity contribution is 5.94. The molecular formula is C18H16FN3O3. The number of nitrogens with zero attached hydrogens (tertiary/aromatic N) is 2. The summed E-state index contributed by atoms with van der Waals surface area (Å²) in [5, 5.41) is 19.5. The van der Waals surface area contributed by atoms with Gasteiger partial charge < -0.3 is 14.8 Å². The molecule has 0 aliphatic carbocycles. The van der Waals surface area contributed by atoms with E-state index in [1.165, 1.54) is 12.1 Å². The molecule has 0 unspecified atom stereocenters. The predicted octanol–water partition coefficient (Wildman–Crippen LogP) is 2.61. The van der Waals surface area contributed by atoms with Crippen LogP contribution < -0.4 is 5.32 Å². The number of aliphatic hydroxyl groups excluding tert-OH is 1. The standard InChI is InChI=1S/C18H16FN3O3/c1-11-21-22-18(25-11)14-5-3-13(4-6-14)17(24)20-9-12-2-7-16(19)15(8-12)10-23/h2-8,23H,9-10H2,1H3,(H,20,24). The number of carbonyl (C=O) groups is 1. The van der Waals surface area contributed by atoms with Crippen molar-refractivity contribution in [2.45, 2.75) is 20.1 Å². The van der Waals surface area contributed by atoms with Crippen LogP contribution in [0.5, 0.6) is 0 Å². The van der Waals surface area contributed by atoms with E-state index in [-0.39, 0.29) is 24.6 Å². The van der Waals surface area contributed by atoms with Crippen molar-refractivity contribution in [2.75, 3.05) is 0 Å². The third kappa shape index (κ3) is 3.89. The van der Waals surface area contributed by atoms with Gasteiger partial charge in [0.25, 0.3) is 5.91 Å². The van der Waals surface area contributed by atoms with Crippen LogP contribution in [0, 0.1) is 12.7 Å². The van der Waals surface area contributed by atoms with Crippen molar-refractivity contribution in [3.05, 3.63) is 70.9 Å². The van der Waals surface area contributed by atoms with Crippen molar-refractivity contribution in [3.8, 4) is 11.5 Å². The monoisotopic (exact) mass is 341 g/mol. The molecule has 0 saturated carbocycles. The second-order valence-electron chi connectivity index (χ2n) is 5.47. The molecule has 25 heavy (non-hydrogen) atoms. The van der Waals surface area contributed by atoms with Crippen LogP contribution in [0.2, 0.25) is 0 Å². The zero-order valence-electron chi connectivity index (χ0n) is 13.5. The third-order valence-corrected chi connectivity index (χ3v) is 3.65. The minimum Gasteiger partial charge on any atom is -0.421 e. The normalized spacial score (nSPS) is 10.7. The fourth-order valence-corrected chi connectivity index (χ4v) is 2.32. The van der Waals surface area contributed by atoms with Gasteiger partial charge in [0, 0.05) is 30.2 Å². The third-order valence-electron chi connectivity index (χ3n) is 3.65. The zero-order chi connectivity index (χ0) is 17.8. The number of nitrogens with one attached hydrogen (secondary N) is 1. The van der Waals surface area contributed by atoms with Gasteiger partial charge in [-0.05, 0) is 42.0 Å². The molecule has 0 atom stereocenters. The fourth-order valence-electron chi connectivity index (χ4n) is 2.32. The zero-order valence-corrected chi connectivity index (χ0v) is 13.5. The predicted molar refractivity (Wildman–Crippen MR) is 88.0 cm³/mol. The van der Waals surface area contributed by atoms with Gasteiger partial charge in [-0.25, -0.2) is 4.39 Å². The molecule has 0 aliphatic heterocycles. The van der Waals surface area contributed by atoms with Gasteiger partial charge in [0.15, 0.2) is 0 Å². The maximum atomic E-state index is 13.3. The van der Waals surface area contributed by atoms with E-state index in [2.05, 4.69) is 15.5 Å². The van der Waals surface area contributed by atoms with Crippen molar-refractivity contribution in [1.29, 1.82) is 0 Å². The Balaban J connectivity index is 1.65. The van der Waals surface area contributed by atoms with Crippen LogP contribution >= 0.6 is 0 Å². The fraction of sp³-hybridized carbons (Fsp3) is 0.167. The molecule has 0 radical (unpaired) electrons. The molecule has 6 nitrogen and oxygen atoms in total. The first-order valence-electron chi connectivity index (χ1n) is 7.63. The molecule has 128 valence electrons. The first-order chi connectivity index (χ1) is 12.1. The van der Waals surface area contributed by atoms with Crippen LogP contribution in [0.25, 0.3) is 11.5 Å². The number of aliphatic hydroxyl groups is 1. The number of benzene rings is 2. The Labute approximate surface area is 143 Å². The molecule has 0 saturated heterocycles. The van der Waals surface area contributed by atoms with E-state index in [9.17, 15) is 9.18 Å². The van der Waals surface area contributed by atoms with Crippen LogP contribution in [0.1, 0.15) is 27.4 Å². The van der Waals surface area contributed by atoms with Gasteiger partial charge in [-0.2, -0.15) is 0 Å². The minimum atomic E-state index is -0.468. The van der Waals surface area contributed by atoms with E-state index >= 15 is 0 Å². The van der Waals surface area contributed by atoms with Crippen LogP contribution in [0.3, 0.4) is 0 Å². The van der Waals surface area contributed by atoms with E-state index in [4.69, 9.17) is 9.52 Å². The van der Waals surface area contributed by atoms with Crippen molar-refractivity contribution in [1.82, 2.24) is 15.5 Å². The summed E-state index contributed by atoms with van der Waals surface area (Å²) >= 11 is 0. The molecule has 0 bridgehead atoms. The second-order valence-corrected chi connectivity index (χ2v) is 5.47. The van der Waals surface area contributed by atoms with E-state index in [1.807, 2.05) is 0 Å². The lowest BCUT2D eigenvalue weighted by atomic mass is 10.1. The quantitative estimate of drug-likeness (QED) is 0.745. The van der Waals surface area contributed by atoms with Crippen LogP contribution in [-0.2, 0) is 13.2 Å². The second kappa shape index (κ2) is 7.23. The summed E-state index contributed by atoms with van der Waals surface area (Å²) < 4.78 is 18.7. The Morgan fingerprint density at radius 3 is 2.60 bits per heavy atom. The molecule has 7 heteroatoms. The highest BCUT2D eigenvalue weighted by Crippen LogP contribution is 2.18. The maximum absolute atomic E-state index is 13.3. The molecule has 1 amide bonds. The Kier molecular flexibility index (Phi) is 4.85. The van der Waals surface area contributed by atoms with Gasteiger partial charge in [0.2, 0.25) is 11.8 Å². The molecule has 2 N–H and O–H groups in total. The first-order valence-corrected chi connectivity index (χ1v) is 7.63. The van der Waals surface area contributed by atoms with Gasteiger partial charge in [-0.15, -0.1) is 10.2 Å². The summed E-state index contributed by atoms with van der Waals surface area (Å²) in [6.45, 7) is 1.55. The molecule has 0 fully saturated rings. The minimum absolute atomic E-state index is 0.200. The average molecular weight is 341 g/mol. The Morgan fingerprint density at radius 1 is 1.20 bits per heavy atom. The lowest BCUT2D eigenvalue weighted by molar-refractivity contribution is 0.0951. The Bertz CT molecular complexity index is 891. The van der Waals surface area contributed by atoms with E-state index in [0.29, 0.717) is 22.9 Å². The molecular weight excluding hydrogens is 325 g/mol. The number of rotatable bonds is 5. The molecule has 3 aromatic rings. The number of hydrogen-bond donors (Lipinski definition) is 2. The number of aromatic nitrogens is 2. The van der Waals surface area contributed by atoms with Crippen LogP contribution in [-0.4, -0.2) is 21.2 Å². The van der Waals surface area contributed by atoms with Gasteiger partial charge in [-0.1, -0.05) is 6.07 Å². The molecule has 2 aromatic carbocycles. The molecule has 0 spiro atoms. The van der Waals surface area contributed by atoms with Crippen molar-refractivity contribution in [2.24, 2.45) is 0 Å². The summed E-state index contributed by atoms with van der Waals surface area (Å²) in [6, 6.07) is 11.1. The van der Waals surface area contributed by atoms with Crippen LogP contribution in [0.15, 0.2) is 46.9 Å². The Morgan fingerprint density at radius 2 is 1.96 bits per heavy atom. The molecule has 0 aliphatic rings. The van der Waals surface area contributed by atoms with Crippen molar-refractivity contribution >= 4 is 5.91 Å². The van der Waals surface area contributed by atoms with Crippen molar-refractivity contribution in [3.63, 3.8) is 0 Å². The summed E-state index contributed by atoms with van der Waals surface area (Å²) in [5.41, 5.74) is 2.11. The molecule has 1 aromatic heterocycles. The molecule has 3 rings (SSSR count). The SMILES string of the molecule is Cc1nnc(-c2ccc(C(=O)NCc3ccc(F)c(CO)c3)cc2)o1. The summed E-state index contributed by atoms with van der Waals surface area (Å²) in [5.74, 6) is 0.137. The van der Waals surface area contributed by atoms with Crippen LogP contribution in [0.4, 0.5) is 4.39 Å². The highest BCUT2D eigenvalue weighted by atomic mass is 19.1. The van der Waals surface area contributed by atoms with Gasteiger partial charge in [-0.3, -0.25) is 4.79 Å². The smallest absolute Gasteiger partial charge is 0.251 e. The van der Waals surface area contributed by atoms with E-state index in [1.54, 1.807) is 37.3 Å². The lowest BCUT2D eigenvalue weighted by Crippen LogP contribution is -2.22. The number of halogens is 1. The maximum Gasteiger partial charge on any atom is 0.251 e. The Hall–Kier alpha value is -3.06. The highest BCUT2D eigenvalue weighted by Gasteiger charge is 2.10. The number of carbonyl (C=O) groups excluding carboxylic acids is 1. The van der Waals surface area contributed by atoms with E-state index < -0.39 is 5.82 Å². The van der Waals surface area contributed by atoms with Crippen molar-refractivity contribution < 1.29 is 18.7 Å². The van der Waals surface area contributed by atoms with Gasteiger partial charge in [0.1, 0.15) is 5.82 Å². The average Bonchev–Trinajstić information content (AvgIpc) is 3.07. The number of hydrogen-bond acceptors (Lipinski definition) is 5. The topological polar surface area (TPSA) is 88.2 Å². The largest absolute Gasteiger partial charge is 0.421 e. The number of aryl methyl sites for hydroxylation is 1. The number of amides is 1.